The Morgan fingerprint density at radius 2 is 2.08 bits per heavy atom. The van der Waals surface area contributed by atoms with Crippen molar-refractivity contribution in [2.24, 2.45) is 0 Å². The highest BCUT2D eigenvalue weighted by molar-refractivity contribution is 7.18. The fourth-order valence-corrected chi connectivity index (χ4v) is 4.50. The molecule has 2 aromatic heterocycles. The Morgan fingerprint density at radius 3 is 2.80 bits per heavy atom. The highest BCUT2D eigenvalue weighted by Crippen LogP contribution is 2.35. The summed E-state index contributed by atoms with van der Waals surface area (Å²) < 4.78 is 0. The summed E-state index contributed by atoms with van der Waals surface area (Å²) in [5.74, 6) is 0.303. The van der Waals surface area contributed by atoms with Crippen LogP contribution in [0.2, 0.25) is 0 Å². The second-order valence-electron chi connectivity index (χ2n) is 5.79. The Kier molecular flexibility index (Phi) is 3.89. The maximum atomic E-state index is 12.4. The number of benzene rings is 1. The number of non-ortho nitro benzene ring substituents is 1. The molecule has 0 aliphatic heterocycles. The van der Waals surface area contributed by atoms with Crippen LogP contribution in [0.3, 0.4) is 0 Å². The van der Waals surface area contributed by atoms with Gasteiger partial charge in [-0.25, -0.2) is 4.98 Å². The van der Waals surface area contributed by atoms with Gasteiger partial charge in [0.05, 0.1) is 15.3 Å². The average molecular weight is 374 g/mol. The molecule has 2 heterocycles. The van der Waals surface area contributed by atoms with Gasteiger partial charge in [0.2, 0.25) is 0 Å². The number of aryl methyl sites for hydroxylation is 2. The van der Waals surface area contributed by atoms with Crippen molar-refractivity contribution in [1.29, 1.82) is 0 Å². The number of H-pyrrole nitrogens is 1. The Balaban J connectivity index is 1.73. The molecule has 6 nitrogen and oxygen atoms in total. The van der Waals surface area contributed by atoms with E-state index >= 15 is 0 Å². The first-order valence-corrected chi connectivity index (χ1v) is 8.89. The van der Waals surface area contributed by atoms with Crippen LogP contribution in [0.5, 0.6) is 0 Å². The summed E-state index contributed by atoms with van der Waals surface area (Å²) in [7, 11) is 0. The topological polar surface area (TPSA) is 88.9 Å². The quantitative estimate of drug-likeness (QED) is 0.552. The number of nitrogens with zero attached hydrogens (tertiary/aromatic N) is 2. The molecule has 1 N–H and O–H groups in total. The summed E-state index contributed by atoms with van der Waals surface area (Å²) >= 11 is 7.86. The maximum Gasteiger partial charge on any atom is 0.269 e. The smallest absolute Gasteiger partial charge is 0.269 e. The second-order valence-corrected chi connectivity index (χ2v) is 7.28. The molecule has 0 atom stereocenters. The fraction of sp³-hybridized carbons (Fsp3) is 0.176. The number of hydrogen-bond donors (Lipinski definition) is 1. The zero-order valence-electron chi connectivity index (χ0n) is 12.9. The minimum atomic E-state index is -0.460. The third kappa shape index (κ3) is 2.85. The second kappa shape index (κ2) is 6.09. The lowest BCUT2D eigenvalue weighted by Crippen LogP contribution is -2.10. The lowest BCUT2D eigenvalue weighted by atomic mass is 10.2. The first-order chi connectivity index (χ1) is 12.0. The lowest BCUT2D eigenvalue weighted by molar-refractivity contribution is -0.384. The fourth-order valence-electron chi connectivity index (χ4n) is 3.02. The molecule has 0 saturated heterocycles. The average Bonchev–Trinajstić information content (AvgIpc) is 3.15. The van der Waals surface area contributed by atoms with Crippen molar-refractivity contribution < 1.29 is 4.92 Å². The van der Waals surface area contributed by atoms with Crippen LogP contribution in [0.15, 0.2) is 29.1 Å². The zero-order valence-corrected chi connectivity index (χ0v) is 14.5. The van der Waals surface area contributed by atoms with Crippen molar-refractivity contribution in [3.05, 3.63) is 66.6 Å². The molecule has 1 aliphatic carbocycles. The van der Waals surface area contributed by atoms with Gasteiger partial charge in [0.25, 0.3) is 11.2 Å². The van der Waals surface area contributed by atoms with E-state index in [1.165, 1.54) is 17.0 Å². The van der Waals surface area contributed by atoms with E-state index in [2.05, 4.69) is 9.97 Å². The van der Waals surface area contributed by atoms with E-state index in [0.717, 1.165) is 24.8 Å². The van der Waals surface area contributed by atoms with Crippen LogP contribution in [0.4, 0.5) is 5.69 Å². The molecule has 126 valence electrons. The summed E-state index contributed by atoms with van der Waals surface area (Å²) in [6.45, 7) is 0. The maximum absolute atomic E-state index is 12.4. The number of thiophene rings is 1. The summed E-state index contributed by atoms with van der Waals surface area (Å²) in [6.07, 6.45) is 4.62. The standard InChI is InChI=1S/C17H12ClN3O3S/c18-12(8-9-4-6-10(7-5-9)21(23)24)15-19-16(22)14-11-2-1-3-13(11)25-17(14)20-15/h4-8H,1-3H2,(H,19,20,22)/b12-8-. The minimum absolute atomic E-state index is 0.00863. The van der Waals surface area contributed by atoms with Crippen LogP contribution in [-0.2, 0) is 12.8 Å². The van der Waals surface area contributed by atoms with Gasteiger partial charge >= 0.3 is 0 Å². The predicted molar refractivity (Wildman–Crippen MR) is 99.1 cm³/mol. The molecular weight excluding hydrogens is 362 g/mol. The van der Waals surface area contributed by atoms with Gasteiger partial charge in [0.1, 0.15) is 4.83 Å². The van der Waals surface area contributed by atoms with Crippen molar-refractivity contribution in [1.82, 2.24) is 9.97 Å². The van der Waals surface area contributed by atoms with Crippen molar-refractivity contribution >= 4 is 50.0 Å². The van der Waals surface area contributed by atoms with Crippen molar-refractivity contribution in [2.75, 3.05) is 0 Å². The first-order valence-electron chi connectivity index (χ1n) is 7.69. The molecule has 0 bridgehead atoms. The lowest BCUT2D eigenvalue weighted by Gasteiger charge is -2.01. The molecule has 0 radical (unpaired) electrons. The van der Waals surface area contributed by atoms with Gasteiger partial charge in [-0.2, -0.15) is 0 Å². The normalized spacial score (nSPS) is 14.0. The largest absolute Gasteiger partial charge is 0.305 e. The Morgan fingerprint density at radius 1 is 1.32 bits per heavy atom. The zero-order chi connectivity index (χ0) is 17.6. The number of rotatable bonds is 3. The molecule has 0 amide bonds. The van der Waals surface area contributed by atoms with E-state index in [9.17, 15) is 14.9 Å². The van der Waals surface area contributed by atoms with E-state index < -0.39 is 4.92 Å². The van der Waals surface area contributed by atoms with Gasteiger partial charge in [0.15, 0.2) is 5.82 Å². The van der Waals surface area contributed by atoms with E-state index in [-0.39, 0.29) is 16.3 Å². The molecule has 0 unspecified atom stereocenters. The molecule has 0 spiro atoms. The molecule has 0 fully saturated rings. The van der Waals surface area contributed by atoms with Crippen LogP contribution in [-0.4, -0.2) is 14.9 Å². The Hall–Kier alpha value is -2.51. The van der Waals surface area contributed by atoms with Gasteiger partial charge in [-0.05, 0) is 48.6 Å². The molecule has 8 heteroatoms. The summed E-state index contributed by atoms with van der Waals surface area (Å²) in [6, 6.07) is 5.99. The Labute approximate surface area is 150 Å². The Bertz CT molecular complexity index is 1080. The van der Waals surface area contributed by atoms with Gasteiger partial charge in [-0.3, -0.25) is 14.9 Å². The third-order valence-corrected chi connectivity index (χ3v) is 5.67. The summed E-state index contributed by atoms with van der Waals surface area (Å²) in [4.78, 5) is 31.9. The number of nitrogens with one attached hydrogen (secondary N) is 1. The number of aromatic amines is 1. The molecule has 0 saturated carbocycles. The number of nitro benzene ring substituents is 1. The van der Waals surface area contributed by atoms with Crippen LogP contribution in [0, 0.1) is 10.1 Å². The van der Waals surface area contributed by atoms with E-state index in [0.29, 0.717) is 21.6 Å². The van der Waals surface area contributed by atoms with Gasteiger partial charge in [-0.15, -0.1) is 11.3 Å². The number of hydrogen-bond acceptors (Lipinski definition) is 5. The molecule has 1 aromatic carbocycles. The van der Waals surface area contributed by atoms with E-state index in [1.807, 2.05) is 0 Å². The highest BCUT2D eigenvalue weighted by atomic mass is 35.5. The van der Waals surface area contributed by atoms with E-state index in [1.54, 1.807) is 29.5 Å². The summed E-state index contributed by atoms with van der Waals surface area (Å²) in [5.41, 5.74) is 1.65. The van der Waals surface area contributed by atoms with Crippen LogP contribution in [0.1, 0.15) is 28.2 Å². The van der Waals surface area contributed by atoms with Gasteiger partial charge in [0, 0.05) is 17.0 Å². The van der Waals surface area contributed by atoms with Crippen molar-refractivity contribution in [3.8, 4) is 0 Å². The predicted octanol–water partition coefficient (Wildman–Crippen LogP) is 4.12. The van der Waals surface area contributed by atoms with Crippen LogP contribution in [0.25, 0.3) is 21.3 Å². The molecular formula is C17H12ClN3O3S. The minimum Gasteiger partial charge on any atom is -0.305 e. The van der Waals surface area contributed by atoms with Crippen molar-refractivity contribution in [3.63, 3.8) is 0 Å². The third-order valence-electron chi connectivity index (χ3n) is 4.20. The monoisotopic (exact) mass is 373 g/mol. The highest BCUT2D eigenvalue weighted by Gasteiger charge is 2.21. The van der Waals surface area contributed by atoms with Gasteiger partial charge < -0.3 is 4.98 Å². The molecule has 3 aromatic rings. The number of aromatic nitrogens is 2. The van der Waals surface area contributed by atoms with E-state index in [4.69, 9.17) is 11.6 Å². The number of fused-ring (bicyclic) bond motifs is 3. The molecule has 25 heavy (non-hydrogen) atoms. The first kappa shape index (κ1) is 16.0. The number of nitro groups is 1. The SMILES string of the molecule is O=c1[nH]c(/C(Cl)=C/c2ccc([N+](=O)[O-])cc2)nc2sc3c(c12)CCC3. The van der Waals surface area contributed by atoms with Crippen LogP contribution < -0.4 is 5.56 Å². The van der Waals surface area contributed by atoms with Crippen molar-refractivity contribution in [2.45, 2.75) is 19.3 Å². The van der Waals surface area contributed by atoms with Crippen LogP contribution >= 0.6 is 22.9 Å². The number of halogens is 1. The molecule has 4 rings (SSSR count). The summed E-state index contributed by atoms with van der Waals surface area (Å²) in [5, 5.41) is 11.7. The molecule has 1 aliphatic rings. The van der Waals surface area contributed by atoms with Gasteiger partial charge in [-0.1, -0.05) is 11.6 Å².